The zero-order valence-electron chi connectivity index (χ0n) is 9.63. The van der Waals surface area contributed by atoms with Gasteiger partial charge in [-0.25, -0.2) is 0 Å². The van der Waals surface area contributed by atoms with Gasteiger partial charge in [0.05, 0.1) is 20.4 Å². The Balaban J connectivity index is 1.78. The molecule has 0 aromatic heterocycles. The van der Waals surface area contributed by atoms with Crippen LogP contribution >= 0.6 is 22.1 Å². The van der Waals surface area contributed by atoms with Crippen molar-refractivity contribution in [2.45, 2.75) is 9.79 Å². The Morgan fingerprint density at radius 1 is 0.684 bits per heavy atom. The molecule has 0 spiro atoms. The topological polar surface area (TPSA) is 55.3 Å². The molecular weight excluding hydrogens is 320 g/mol. The first kappa shape index (κ1) is 15.1. The quantitative estimate of drug-likeness (QED) is 0.459. The number of benzene rings is 2. The summed E-state index contributed by atoms with van der Waals surface area (Å²) in [6.45, 7) is 0. The highest BCUT2D eigenvalue weighted by Gasteiger charge is 2.20. The van der Waals surface area contributed by atoms with E-state index >= 15 is 0 Å². The van der Waals surface area contributed by atoms with E-state index < -0.39 is 20.4 Å². The summed E-state index contributed by atoms with van der Waals surface area (Å²) in [5.41, 5.74) is 0. The van der Waals surface area contributed by atoms with Crippen LogP contribution in [0.3, 0.4) is 0 Å². The lowest BCUT2D eigenvalue weighted by atomic mass is 10.4. The van der Waals surface area contributed by atoms with Crippen molar-refractivity contribution in [2.24, 2.45) is 0 Å². The monoisotopic (exact) mass is 330 g/mol. The summed E-state index contributed by atoms with van der Waals surface area (Å²) >= 11 is 1.59. The van der Waals surface area contributed by atoms with E-state index in [1.807, 2.05) is 36.4 Å². The summed E-state index contributed by atoms with van der Waals surface area (Å²) in [6, 6.07) is 18.0. The standard InChI is InChI=1S/C12H10O3S4/c13-18(11-7-3-1-4-8-11)16-15-17-19(14)12-9-5-2-6-10-12/h1-10H. The van der Waals surface area contributed by atoms with Crippen LogP contribution < -0.4 is 0 Å². The van der Waals surface area contributed by atoms with E-state index in [0.717, 1.165) is 22.1 Å². The van der Waals surface area contributed by atoms with Crippen molar-refractivity contribution in [1.82, 2.24) is 0 Å². The molecule has 0 aliphatic rings. The van der Waals surface area contributed by atoms with Gasteiger partial charge in [-0.2, -0.15) is 0 Å². The van der Waals surface area contributed by atoms with Crippen LogP contribution in [0.25, 0.3) is 0 Å². The van der Waals surface area contributed by atoms with E-state index in [1.54, 1.807) is 24.3 Å². The highest BCUT2D eigenvalue weighted by Crippen LogP contribution is 2.33. The average Bonchev–Trinajstić information content (AvgIpc) is 2.49. The van der Waals surface area contributed by atoms with Crippen molar-refractivity contribution < 1.29 is 12.7 Å². The summed E-state index contributed by atoms with van der Waals surface area (Å²) in [7, 11) is -2.63. The maximum Gasteiger partial charge on any atom is 0.280 e. The molecule has 2 atom stereocenters. The highest BCUT2D eigenvalue weighted by molar-refractivity contribution is 8.76. The van der Waals surface area contributed by atoms with Crippen molar-refractivity contribution in [3.05, 3.63) is 60.7 Å². The van der Waals surface area contributed by atoms with Gasteiger partial charge in [0, 0.05) is 0 Å². The van der Waals surface area contributed by atoms with Gasteiger partial charge in [-0.1, -0.05) is 36.4 Å². The average molecular weight is 330 g/mol. The first-order chi connectivity index (χ1) is 9.27. The van der Waals surface area contributed by atoms with Crippen LogP contribution in [0, 0.1) is 0 Å². The third-order valence-electron chi connectivity index (χ3n) is 2.05. The van der Waals surface area contributed by atoms with Gasteiger partial charge in [0.2, 0.25) is 0 Å². The number of hydrogen-bond acceptors (Lipinski definition) is 5. The zero-order chi connectivity index (χ0) is 13.5. The van der Waals surface area contributed by atoms with Gasteiger partial charge in [-0.05, 0) is 24.3 Å². The maximum absolute atomic E-state index is 11.8. The minimum atomic E-state index is -1.32. The highest BCUT2D eigenvalue weighted by atomic mass is 33.2. The summed E-state index contributed by atoms with van der Waals surface area (Å²) in [5.74, 6) is 0. The summed E-state index contributed by atoms with van der Waals surface area (Å²) in [5, 5.41) is 0. The predicted molar refractivity (Wildman–Crippen MR) is 82.0 cm³/mol. The van der Waals surface area contributed by atoms with Crippen LogP contribution in [0.1, 0.15) is 0 Å². The van der Waals surface area contributed by atoms with Gasteiger partial charge < -0.3 is 9.11 Å². The minimum Gasteiger partial charge on any atom is -0.598 e. The van der Waals surface area contributed by atoms with Crippen LogP contribution in [0.4, 0.5) is 0 Å². The molecule has 0 saturated heterocycles. The van der Waals surface area contributed by atoms with Gasteiger partial charge in [0.15, 0.2) is 9.79 Å². The maximum atomic E-state index is 11.8. The van der Waals surface area contributed by atoms with Crippen molar-refractivity contribution in [3.8, 4) is 0 Å². The van der Waals surface area contributed by atoms with E-state index in [4.69, 9.17) is 3.63 Å². The van der Waals surface area contributed by atoms with E-state index in [-0.39, 0.29) is 0 Å². The number of hydrogen-bond donors (Lipinski definition) is 0. The summed E-state index contributed by atoms with van der Waals surface area (Å²) in [4.78, 5) is 1.33. The molecular formula is C12H10O3S4. The normalized spacial score (nSPS) is 14.0. The fourth-order valence-electron chi connectivity index (χ4n) is 1.20. The minimum absolute atomic E-state index is 0.665. The third kappa shape index (κ3) is 4.96. The van der Waals surface area contributed by atoms with Crippen LogP contribution in [0.2, 0.25) is 0 Å². The molecule has 100 valence electrons. The zero-order valence-corrected chi connectivity index (χ0v) is 12.9. The lowest BCUT2D eigenvalue weighted by Crippen LogP contribution is -1.97. The molecule has 3 nitrogen and oxygen atoms in total. The van der Waals surface area contributed by atoms with Crippen molar-refractivity contribution in [2.75, 3.05) is 0 Å². The van der Waals surface area contributed by atoms with Crippen LogP contribution in [0.15, 0.2) is 70.5 Å². The molecule has 7 heteroatoms. The summed E-state index contributed by atoms with van der Waals surface area (Å²) in [6.07, 6.45) is 0. The molecule has 2 unspecified atom stereocenters. The Labute approximate surface area is 125 Å². The third-order valence-corrected chi connectivity index (χ3v) is 6.95. The smallest absolute Gasteiger partial charge is 0.280 e. The second-order valence-electron chi connectivity index (χ2n) is 3.30. The molecule has 0 saturated carbocycles. The fraction of sp³-hybridized carbons (Fsp3) is 0. The molecule has 0 heterocycles. The molecule has 0 N–H and O–H groups in total. The van der Waals surface area contributed by atoms with E-state index in [1.165, 1.54) is 0 Å². The Morgan fingerprint density at radius 2 is 1.05 bits per heavy atom. The van der Waals surface area contributed by atoms with Crippen LogP contribution in [-0.4, -0.2) is 9.11 Å². The fourth-order valence-corrected chi connectivity index (χ4v) is 5.48. The Bertz CT molecular complexity index is 437. The van der Waals surface area contributed by atoms with Gasteiger partial charge in [0.1, 0.15) is 0 Å². The summed E-state index contributed by atoms with van der Waals surface area (Å²) < 4.78 is 28.7. The van der Waals surface area contributed by atoms with Gasteiger partial charge in [-0.15, -0.1) is 3.63 Å². The molecule has 0 radical (unpaired) electrons. The lowest BCUT2D eigenvalue weighted by molar-refractivity contribution is 0.604. The predicted octanol–water partition coefficient (Wildman–Crippen LogP) is 3.75. The molecule has 2 aromatic rings. The largest absolute Gasteiger partial charge is 0.598 e. The van der Waals surface area contributed by atoms with Gasteiger partial charge in [0.25, 0.3) is 22.1 Å². The molecule has 0 bridgehead atoms. The van der Waals surface area contributed by atoms with Crippen LogP contribution in [0.5, 0.6) is 0 Å². The van der Waals surface area contributed by atoms with Gasteiger partial charge >= 0.3 is 0 Å². The first-order valence-electron chi connectivity index (χ1n) is 5.23. The van der Waals surface area contributed by atoms with Crippen molar-refractivity contribution in [1.29, 1.82) is 0 Å². The molecule has 2 rings (SSSR count). The Morgan fingerprint density at radius 3 is 1.42 bits per heavy atom. The molecule has 19 heavy (non-hydrogen) atoms. The van der Waals surface area contributed by atoms with E-state index in [0.29, 0.717) is 9.79 Å². The van der Waals surface area contributed by atoms with E-state index in [2.05, 4.69) is 0 Å². The van der Waals surface area contributed by atoms with E-state index in [9.17, 15) is 9.11 Å². The Kier molecular flexibility index (Phi) is 6.45. The second-order valence-corrected chi connectivity index (χ2v) is 8.63. The molecule has 0 amide bonds. The molecule has 0 aliphatic carbocycles. The second kappa shape index (κ2) is 8.11. The SMILES string of the molecule is [O-][S+](SOS[S+]([O-])c1ccccc1)c1ccccc1. The first-order valence-corrected chi connectivity index (χ1v) is 10.0. The molecule has 0 fully saturated rings. The number of rotatable bonds is 6. The lowest BCUT2D eigenvalue weighted by Gasteiger charge is -2.07. The van der Waals surface area contributed by atoms with Gasteiger partial charge in [-0.3, -0.25) is 0 Å². The molecule has 2 aromatic carbocycles. The van der Waals surface area contributed by atoms with Crippen molar-refractivity contribution in [3.63, 3.8) is 0 Å². The molecule has 0 aliphatic heterocycles. The van der Waals surface area contributed by atoms with Crippen LogP contribution in [-0.2, 0) is 24.0 Å². The van der Waals surface area contributed by atoms with Crippen molar-refractivity contribution >= 4 is 42.6 Å². The Hall–Kier alpha value is -0.280.